The number of carboxylic acid groups (broad SMARTS) is 1. The molecule has 1 aliphatic heterocycles. The fraction of sp³-hybridized carbons (Fsp3) is 0.414. The molecule has 3 rings (SSSR count). The Kier molecular flexibility index (Phi) is 11.9. The number of hydrogen-bond donors (Lipinski definition) is 4. The van der Waals surface area contributed by atoms with Gasteiger partial charge in [0.1, 0.15) is 11.6 Å². The second kappa shape index (κ2) is 14.5. The first kappa shape index (κ1) is 33.8. The molecule has 2 aromatic carbocycles. The van der Waals surface area contributed by atoms with Crippen LogP contribution in [0, 0.1) is 5.92 Å². The van der Waals surface area contributed by atoms with E-state index in [1.165, 1.54) is 4.90 Å². The first-order chi connectivity index (χ1) is 18.8. The molecule has 4 N–H and O–H groups in total. The van der Waals surface area contributed by atoms with E-state index in [-0.39, 0.29) is 54.9 Å². The zero-order valence-electron chi connectivity index (χ0n) is 23.4. The Morgan fingerprint density at radius 2 is 1.46 bits per heavy atom. The summed E-state index contributed by atoms with van der Waals surface area (Å²) in [6, 6.07) is 13.2. The van der Waals surface area contributed by atoms with E-state index < -0.39 is 47.5 Å². The summed E-state index contributed by atoms with van der Waals surface area (Å²) in [7, 11) is 0. The Labute approximate surface area is 262 Å². The zero-order valence-corrected chi connectivity index (χ0v) is 23.4. The van der Waals surface area contributed by atoms with Crippen LogP contribution >= 0.6 is 0 Å². The standard InChI is InChI=1S/C29H37N5O6.Na.H/c1-18(2)15-23(25(37)30-19(3)16-24(35)36)34-26(38)29(4,5)33(28(34)40)17-20-11-13-22(14-12-20)32-27(39)31-21-9-7-6-8-10-21;;/h6-14,18-19,23H,15-17H2,1-5H3,(H,30,37)(H,35,36)(H2,31,32,39);;/t19-,23+;;/m1../s1. The predicted octanol–water partition coefficient (Wildman–Crippen LogP) is 3.62. The van der Waals surface area contributed by atoms with Crippen molar-refractivity contribution in [3.63, 3.8) is 0 Å². The summed E-state index contributed by atoms with van der Waals surface area (Å²) in [5, 5.41) is 17.2. The average Bonchev–Trinajstić information content (AvgIpc) is 3.02. The van der Waals surface area contributed by atoms with Gasteiger partial charge in [-0.05, 0) is 62.9 Å². The van der Waals surface area contributed by atoms with Crippen LogP contribution in [0.3, 0.4) is 0 Å². The number of nitrogens with zero attached hydrogens (tertiary/aromatic N) is 2. The quantitative estimate of drug-likeness (QED) is 0.238. The van der Waals surface area contributed by atoms with E-state index in [2.05, 4.69) is 16.0 Å². The Balaban J connectivity index is 0.00000588. The number of para-hydroxylation sites is 1. The van der Waals surface area contributed by atoms with Crippen molar-refractivity contribution in [2.75, 3.05) is 10.6 Å². The van der Waals surface area contributed by atoms with Crippen LogP contribution in [0.5, 0.6) is 0 Å². The summed E-state index contributed by atoms with van der Waals surface area (Å²) in [6.07, 6.45) is -0.0448. The van der Waals surface area contributed by atoms with Crippen molar-refractivity contribution in [3.8, 4) is 0 Å². The van der Waals surface area contributed by atoms with Crippen LogP contribution in [0.1, 0.15) is 53.0 Å². The van der Waals surface area contributed by atoms with Crippen LogP contribution in [-0.4, -0.2) is 91.9 Å². The number of rotatable bonds is 11. The van der Waals surface area contributed by atoms with Gasteiger partial charge in [0.25, 0.3) is 5.91 Å². The van der Waals surface area contributed by atoms with Gasteiger partial charge in [-0.25, -0.2) is 14.5 Å². The van der Waals surface area contributed by atoms with Gasteiger partial charge >= 0.3 is 47.6 Å². The molecule has 0 radical (unpaired) electrons. The number of hydrogen-bond acceptors (Lipinski definition) is 5. The number of carbonyl (C=O) groups excluding carboxylic acids is 4. The van der Waals surface area contributed by atoms with Crippen molar-refractivity contribution in [2.45, 2.75) is 71.6 Å². The van der Waals surface area contributed by atoms with E-state index in [0.29, 0.717) is 11.4 Å². The molecule has 2 aromatic rings. The number of aliphatic carboxylic acids is 1. The van der Waals surface area contributed by atoms with Crippen LogP contribution < -0.4 is 16.0 Å². The Morgan fingerprint density at radius 1 is 0.902 bits per heavy atom. The molecule has 0 unspecified atom stereocenters. The Morgan fingerprint density at radius 3 is 2.00 bits per heavy atom. The van der Waals surface area contributed by atoms with Gasteiger partial charge in [-0.3, -0.25) is 14.4 Å². The van der Waals surface area contributed by atoms with Gasteiger partial charge in [0.05, 0.1) is 6.42 Å². The number of anilines is 2. The van der Waals surface area contributed by atoms with Crippen molar-refractivity contribution in [1.82, 2.24) is 15.1 Å². The van der Waals surface area contributed by atoms with E-state index in [0.717, 1.165) is 10.5 Å². The first-order valence-electron chi connectivity index (χ1n) is 13.2. The molecule has 0 saturated carbocycles. The summed E-state index contributed by atoms with van der Waals surface area (Å²) < 4.78 is 0. The van der Waals surface area contributed by atoms with Gasteiger partial charge in [0.2, 0.25) is 5.91 Å². The molecular weight excluding hydrogens is 537 g/mol. The maximum atomic E-state index is 13.6. The van der Waals surface area contributed by atoms with Crippen molar-refractivity contribution in [3.05, 3.63) is 60.2 Å². The van der Waals surface area contributed by atoms with Gasteiger partial charge in [-0.1, -0.05) is 44.2 Å². The molecule has 11 nitrogen and oxygen atoms in total. The summed E-state index contributed by atoms with van der Waals surface area (Å²) in [5.41, 5.74) is 0.712. The van der Waals surface area contributed by atoms with Crippen molar-refractivity contribution >= 4 is 70.8 Å². The van der Waals surface area contributed by atoms with Gasteiger partial charge in [0, 0.05) is 24.0 Å². The van der Waals surface area contributed by atoms with Crippen LogP contribution in [0.15, 0.2) is 54.6 Å². The number of nitrogens with one attached hydrogen (secondary N) is 3. The molecule has 6 amide bonds. The predicted molar refractivity (Wildman–Crippen MR) is 158 cm³/mol. The van der Waals surface area contributed by atoms with Crippen molar-refractivity contribution in [2.24, 2.45) is 5.92 Å². The number of urea groups is 2. The second-order valence-corrected chi connectivity index (χ2v) is 10.9. The third kappa shape index (κ3) is 8.79. The van der Waals surface area contributed by atoms with Gasteiger partial charge < -0.3 is 26.0 Å². The SMILES string of the molecule is CC(C)C[C@@H](C(=O)N[C@H](C)CC(=O)O)N1C(=O)N(Cc2ccc(NC(=O)Nc3ccccc3)cc2)C(C)(C)C1=O.[NaH]. The van der Waals surface area contributed by atoms with Crippen molar-refractivity contribution < 1.29 is 29.1 Å². The van der Waals surface area contributed by atoms with Crippen LogP contribution in [0.2, 0.25) is 0 Å². The van der Waals surface area contributed by atoms with E-state index in [9.17, 15) is 24.0 Å². The summed E-state index contributed by atoms with van der Waals surface area (Å²) in [5.74, 6) is -2.14. The molecule has 2 atom stereocenters. The number of amides is 6. The molecule has 1 heterocycles. The summed E-state index contributed by atoms with van der Waals surface area (Å²) in [4.78, 5) is 66.0. The normalized spacial score (nSPS) is 15.7. The minimum atomic E-state index is -1.22. The van der Waals surface area contributed by atoms with E-state index in [1.54, 1.807) is 57.2 Å². The van der Waals surface area contributed by atoms with Gasteiger partial charge in [-0.2, -0.15) is 0 Å². The number of carbonyl (C=O) groups is 5. The van der Waals surface area contributed by atoms with Crippen molar-refractivity contribution in [1.29, 1.82) is 0 Å². The maximum absolute atomic E-state index is 13.6. The molecule has 0 aliphatic carbocycles. The minimum absolute atomic E-state index is 0. The molecule has 1 aliphatic rings. The molecule has 1 saturated heterocycles. The first-order valence-corrected chi connectivity index (χ1v) is 13.2. The Hall–Kier alpha value is -3.41. The van der Waals surface area contributed by atoms with Crippen LogP contribution in [0.25, 0.3) is 0 Å². The van der Waals surface area contributed by atoms with E-state index in [4.69, 9.17) is 5.11 Å². The fourth-order valence-electron chi connectivity index (χ4n) is 4.53. The number of carboxylic acids is 1. The molecular formula is C29H38N5NaO6. The monoisotopic (exact) mass is 575 g/mol. The molecule has 12 heteroatoms. The Bertz CT molecular complexity index is 1250. The molecule has 0 bridgehead atoms. The summed E-state index contributed by atoms with van der Waals surface area (Å²) in [6.45, 7) is 8.69. The number of benzene rings is 2. The van der Waals surface area contributed by atoms with Crippen LogP contribution in [0.4, 0.5) is 21.0 Å². The van der Waals surface area contributed by atoms with E-state index in [1.807, 2.05) is 32.0 Å². The van der Waals surface area contributed by atoms with Gasteiger partial charge in [0.15, 0.2) is 0 Å². The fourth-order valence-corrected chi connectivity index (χ4v) is 4.53. The van der Waals surface area contributed by atoms with Gasteiger partial charge in [-0.15, -0.1) is 0 Å². The summed E-state index contributed by atoms with van der Waals surface area (Å²) >= 11 is 0. The number of imide groups is 1. The molecule has 1 fully saturated rings. The second-order valence-electron chi connectivity index (χ2n) is 10.9. The average molecular weight is 576 g/mol. The van der Waals surface area contributed by atoms with Crippen LogP contribution in [-0.2, 0) is 20.9 Å². The van der Waals surface area contributed by atoms with E-state index >= 15 is 0 Å². The zero-order chi connectivity index (χ0) is 29.6. The molecule has 0 aromatic heterocycles. The molecule has 216 valence electrons. The third-order valence-electron chi connectivity index (χ3n) is 6.62. The topological polar surface area (TPSA) is 148 Å². The molecule has 0 spiro atoms. The molecule has 41 heavy (non-hydrogen) atoms. The third-order valence-corrected chi connectivity index (χ3v) is 6.62.